The third kappa shape index (κ3) is 3.88. The molecule has 0 saturated carbocycles. The van der Waals surface area contributed by atoms with E-state index in [-0.39, 0.29) is 5.78 Å². The summed E-state index contributed by atoms with van der Waals surface area (Å²) in [6.45, 7) is 0. The van der Waals surface area contributed by atoms with E-state index in [1.54, 1.807) is 0 Å². The number of benzene rings is 2. The molecule has 0 aliphatic rings. The highest BCUT2D eigenvalue weighted by Crippen LogP contribution is 2.26. The minimum atomic E-state index is 0.187. The quantitative estimate of drug-likeness (QED) is 0.465. The minimum absolute atomic E-state index is 0.187. The zero-order valence-corrected chi connectivity index (χ0v) is 15.6. The van der Waals surface area contributed by atoms with Crippen molar-refractivity contribution in [2.75, 3.05) is 0 Å². The van der Waals surface area contributed by atoms with E-state index in [1.807, 2.05) is 36.5 Å². The summed E-state index contributed by atoms with van der Waals surface area (Å²) in [4.78, 5) is 16.7. The normalized spacial score (nSPS) is 10.9. The molecule has 0 aliphatic carbocycles. The summed E-state index contributed by atoms with van der Waals surface area (Å²) in [7, 11) is 0. The van der Waals surface area contributed by atoms with Gasteiger partial charge in [-0.3, -0.25) is 9.78 Å². The molecule has 0 atom stereocenters. The molecule has 0 bridgehead atoms. The van der Waals surface area contributed by atoms with Crippen LogP contribution in [0.3, 0.4) is 0 Å². The Morgan fingerprint density at radius 2 is 1.78 bits per heavy atom. The molecule has 116 valence electrons. The average molecular weight is 433 g/mol. The monoisotopic (exact) mass is 431 g/mol. The zero-order valence-electron chi connectivity index (χ0n) is 12.4. The average Bonchev–Trinajstić information content (AvgIpc) is 2.58. The van der Waals surface area contributed by atoms with E-state index in [9.17, 15) is 4.79 Å². The van der Waals surface area contributed by atoms with E-state index in [0.717, 1.165) is 38.3 Å². The van der Waals surface area contributed by atoms with Gasteiger partial charge in [0.15, 0.2) is 5.78 Å². The topological polar surface area (TPSA) is 30.0 Å². The summed E-state index contributed by atoms with van der Waals surface area (Å²) < 4.78 is 2.04. The molecule has 0 spiro atoms. The highest BCUT2D eigenvalue weighted by Gasteiger charge is 2.08. The molecule has 0 radical (unpaired) electrons. The van der Waals surface area contributed by atoms with Crippen LogP contribution < -0.4 is 0 Å². The number of carbonyl (C=O) groups is 1. The summed E-state index contributed by atoms with van der Waals surface area (Å²) in [6.07, 6.45) is 4.03. The maximum atomic E-state index is 12.2. The van der Waals surface area contributed by atoms with Gasteiger partial charge in [0.25, 0.3) is 0 Å². The second-order valence-corrected chi connectivity index (χ2v) is 7.16. The molecule has 4 heteroatoms. The molecule has 0 fully saturated rings. The lowest BCUT2D eigenvalue weighted by atomic mass is 10.0. The van der Waals surface area contributed by atoms with Gasteiger partial charge in [-0.15, -0.1) is 0 Å². The molecular weight excluding hydrogens is 418 g/mol. The standard InChI is InChI=1S/C19H15Br2NO/c20-15-9-6-13(7-10-15)18(23)5-1-3-14-8-11-17(21)16-4-2-12-22-19(14)16/h2,4,6-12H,1,3,5H2. The van der Waals surface area contributed by atoms with Gasteiger partial charge in [-0.25, -0.2) is 0 Å². The molecule has 2 nitrogen and oxygen atoms in total. The number of fused-ring (bicyclic) bond motifs is 1. The summed E-state index contributed by atoms with van der Waals surface area (Å²) in [5, 5.41) is 1.12. The Labute approximate surface area is 152 Å². The van der Waals surface area contributed by atoms with E-state index < -0.39 is 0 Å². The van der Waals surface area contributed by atoms with Gasteiger partial charge < -0.3 is 0 Å². The predicted octanol–water partition coefficient (Wildman–Crippen LogP) is 5.97. The molecule has 1 heterocycles. The Morgan fingerprint density at radius 1 is 1.00 bits per heavy atom. The van der Waals surface area contributed by atoms with Crippen LogP contribution in [0.2, 0.25) is 0 Å². The van der Waals surface area contributed by atoms with Crippen LogP contribution in [0.25, 0.3) is 10.9 Å². The fraction of sp³-hybridized carbons (Fsp3) is 0.158. The number of rotatable bonds is 5. The molecule has 2 aromatic carbocycles. The Balaban J connectivity index is 1.68. The minimum Gasteiger partial charge on any atom is -0.294 e. The Hall–Kier alpha value is -1.52. The van der Waals surface area contributed by atoms with Crippen LogP contribution in [0.4, 0.5) is 0 Å². The second kappa shape index (κ2) is 7.37. The number of aryl methyl sites for hydroxylation is 1. The molecular formula is C19H15Br2NO. The van der Waals surface area contributed by atoms with E-state index in [0.29, 0.717) is 6.42 Å². The highest BCUT2D eigenvalue weighted by atomic mass is 79.9. The number of aromatic nitrogens is 1. The van der Waals surface area contributed by atoms with Crippen molar-refractivity contribution in [1.82, 2.24) is 4.98 Å². The van der Waals surface area contributed by atoms with Gasteiger partial charge in [-0.05, 0) is 42.7 Å². The predicted molar refractivity (Wildman–Crippen MR) is 101 cm³/mol. The van der Waals surface area contributed by atoms with Crippen molar-refractivity contribution < 1.29 is 4.79 Å². The van der Waals surface area contributed by atoms with Gasteiger partial charge in [0.1, 0.15) is 0 Å². The first kappa shape index (κ1) is 16.3. The van der Waals surface area contributed by atoms with Crippen molar-refractivity contribution in [3.05, 3.63) is 74.8 Å². The molecule has 23 heavy (non-hydrogen) atoms. The molecule has 0 N–H and O–H groups in total. The van der Waals surface area contributed by atoms with Crippen molar-refractivity contribution in [2.24, 2.45) is 0 Å². The molecule has 1 aromatic heterocycles. The summed E-state index contributed by atoms with van der Waals surface area (Å²) in [5.74, 6) is 0.187. The lowest BCUT2D eigenvalue weighted by Crippen LogP contribution is -2.00. The van der Waals surface area contributed by atoms with E-state index >= 15 is 0 Å². The Kier molecular flexibility index (Phi) is 5.23. The first-order valence-electron chi connectivity index (χ1n) is 7.46. The van der Waals surface area contributed by atoms with E-state index in [2.05, 4.69) is 55.0 Å². The van der Waals surface area contributed by atoms with Crippen molar-refractivity contribution in [3.63, 3.8) is 0 Å². The molecule has 0 saturated heterocycles. The number of hydrogen-bond donors (Lipinski definition) is 0. The SMILES string of the molecule is O=C(CCCc1ccc(Br)c2cccnc12)c1ccc(Br)cc1. The van der Waals surface area contributed by atoms with Crippen LogP contribution in [-0.2, 0) is 6.42 Å². The maximum Gasteiger partial charge on any atom is 0.162 e. The number of carbonyl (C=O) groups excluding carboxylic acids is 1. The summed E-state index contributed by atoms with van der Waals surface area (Å²) in [5.41, 5.74) is 2.97. The van der Waals surface area contributed by atoms with Crippen LogP contribution >= 0.6 is 31.9 Å². The lowest BCUT2D eigenvalue weighted by molar-refractivity contribution is 0.0980. The van der Waals surface area contributed by atoms with Gasteiger partial charge in [0, 0.05) is 32.5 Å². The van der Waals surface area contributed by atoms with E-state index in [4.69, 9.17) is 0 Å². The van der Waals surface area contributed by atoms with Gasteiger partial charge >= 0.3 is 0 Å². The fourth-order valence-corrected chi connectivity index (χ4v) is 3.33. The van der Waals surface area contributed by atoms with Crippen molar-refractivity contribution in [2.45, 2.75) is 19.3 Å². The number of hydrogen-bond acceptors (Lipinski definition) is 2. The number of ketones is 1. The second-order valence-electron chi connectivity index (χ2n) is 5.39. The third-order valence-corrected chi connectivity index (χ3v) is 5.04. The van der Waals surface area contributed by atoms with Crippen molar-refractivity contribution in [3.8, 4) is 0 Å². The first-order valence-corrected chi connectivity index (χ1v) is 9.04. The maximum absolute atomic E-state index is 12.2. The fourth-order valence-electron chi connectivity index (χ4n) is 2.62. The molecule has 0 aliphatic heterocycles. The molecule has 3 aromatic rings. The van der Waals surface area contributed by atoms with Crippen LogP contribution in [0.15, 0.2) is 63.7 Å². The third-order valence-electron chi connectivity index (χ3n) is 3.82. The summed E-state index contributed by atoms with van der Waals surface area (Å²) >= 11 is 6.95. The number of nitrogens with zero attached hydrogens (tertiary/aromatic N) is 1. The number of Topliss-reactive ketones (excluding diaryl/α,β-unsaturated/α-hetero) is 1. The van der Waals surface area contributed by atoms with Crippen LogP contribution in [-0.4, -0.2) is 10.8 Å². The number of halogens is 2. The Morgan fingerprint density at radius 3 is 2.57 bits per heavy atom. The summed E-state index contributed by atoms with van der Waals surface area (Å²) in [6, 6.07) is 15.7. The molecule has 0 unspecified atom stereocenters. The van der Waals surface area contributed by atoms with Crippen LogP contribution in [0.1, 0.15) is 28.8 Å². The Bertz CT molecular complexity index is 844. The van der Waals surface area contributed by atoms with Crippen LogP contribution in [0.5, 0.6) is 0 Å². The van der Waals surface area contributed by atoms with Crippen LogP contribution in [0, 0.1) is 0 Å². The molecule has 0 amide bonds. The van der Waals surface area contributed by atoms with Gasteiger partial charge in [0.2, 0.25) is 0 Å². The molecule has 3 rings (SSSR count). The van der Waals surface area contributed by atoms with Gasteiger partial charge in [0.05, 0.1) is 5.52 Å². The lowest BCUT2D eigenvalue weighted by Gasteiger charge is -2.07. The highest BCUT2D eigenvalue weighted by molar-refractivity contribution is 9.11. The van der Waals surface area contributed by atoms with Crippen molar-refractivity contribution >= 4 is 48.5 Å². The van der Waals surface area contributed by atoms with Gasteiger partial charge in [-0.2, -0.15) is 0 Å². The smallest absolute Gasteiger partial charge is 0.162 e. The largest absolute Gasteiger partial charge is 0.294 e. The van der Waals surface area contributed by atoms with E-state index in [1.165, 1.54) is 5.56 Å². The van der Waals surface area contributed by atoms with Crippen molar-refractivity contribution in [1.29, 1.82) is 0 Å². The first-order chi connectivity index (χ1) is 11.1. The number of pyridine rings is 1. The zero-order chi connectivity index (χ0) is 16.2. The van der Waals surface area contributed by atoms with Gasteiger partial charge in [-0.1, -0.05) is 56.1 Å².